The van der Waals surface area contributed by atoms with E-state index in [0.29, 0.717) is 36.0 Å². The van der Waals surface area contributed by atoms with E-state index in [1.807, 2.05) is 31.2 Å². The minimum Gasteiger partial charge on any atom is -0.370 e. The van der Waals surface area contributed by atoms with Crippen molar-refractivity contribution in [1.29, 1.82) is 0 Å². The maximum absolute atomic E-state index is 13.1. The Kier molecular flexibility index (Phi) is 6.50. The van der Waals surface area contributed by atoms with Gasteiger partial charge in [-0.2, -0.15) is 0 Å². The lowest BCUT2D eigenvalue weighted by Gasteiger charge is -2.33. The van der Waals surface area contributed by atoms with Crippen molar-refractivity contribution in [1.82, 2.24) is 4.90 Å². The third kappa shape index (κ3) is 5.12. The molecule has 1 N–H and O–H groups in total. The molecule has 0 aromatic heterocycles. The summed E-state index contributed by atoms with van der Waals surface area (Å²) in [4.78, 5) is 14.9. The number of benzene rings is 3. The molecule has 0 aliphatic carbocycles. The van der Waals surface area contributed by atoms with E-state index in [4.69, 9.17) is 16.3 Å². The number of nitrogens with zero attached hydrogens (tertiary/aromatic N) is 1. The molecule has 1 heterocycles. The molecule has 1 fully saturated rings. The number of sulfonamides is 1. The van der Waals surface area contributed by atoms with Crippen LogP contribution in [0.15, 0.2) is 77.7 Å². The molecule has 1 unspecified atom stereocenters. The number of nitrogens with one attached hydrogen (secondary N) is 1. The fraction of sp³-hybridized carbons (Fsp3) is 0.208. The monoisotopic (exact) mass is 470 g/mol. The molecular formula is C24H23ClN2O4S. The summed E-state index contributed by atoms with van der Waals surface area (Å²) in [5, 5.41) is 0.634. The summed E-state index contributed by atoms with van der Waals surface area (Å²) in [6, 6.07) is 20.5. The van der Waals surface area contributed by atoms with Crippen LogP contribution in [-0.4, -0.2) is 38.9 Å². The van der Waals surface area contributed by atoms with Crippen molar-refractivity contribution in [3.05, 3.63) is 94.5 Å². The van der Waals surface area contributed by atoms with E-state index in [-0.39, 0.29) is 16.9 Å². The van der Waals surface area contributed by atoms with E-state index in [1.54, 1.807) is 41.3 Å². The minimum atomic E-state index is -3.83. The van der Waals surface area contributed by atoms with Crippen molar-refractivity contribution in [2.24, 2.45) is 0 Å². The fourth-order valence-electron chi connectivity index (χ4n) is 3.53. The lowest BCUT2D eigenvalue weighted by atomic mass is 10.1. The Bertz CT molecular complexity index is 1210. The Morgan fingerprint density at radius 1 is 1.06 bits per heavy atom. The lowest BCUT2D eigenvalue weighted by Crippen LogP contribution is -2.42. The Hall–Kier alpha value is -2.87. The van der Waals surface area contributed by atoms with Gasteiger partial charge in [0.2, 0.25) is 0 Å². The number of rotatable bonds is 5. The first-order chi connectivity index (χ1) is 15.3. The second-order valence-corrected chi connectivity index (χ2v) is 9.78. The summed E-state index contributed by atoms with van der Waals surface area (Å²) in [5.41, 5.74) is 2.74. The van der Waals surface area contributed by atoms with E-state index in [1.165, 1.54) is 12.1 Å². The molecule has 166 valence electrons. The second kappa shape index (κ2) is 9.32. The van der Waals surface area contributed by atoms with Crippen LogP contribution in [0.4, 0.5) is 5.69 Å². The zero-order valence-corrected chi connectivity index (χ0v) is 19.1. The van der Waals surface area contributed by atoms with Gasteiger partial charge >= 0.3 is 0 Å². The van der Waals surface area contributed by atoms with Gasteiger partial charge in [-0.3, -0.25) is 9.52 Å². The van der Waals surface area contributed by atoms with Crippen molar-refractivity contribution in [3.63, 3.8) is 0 Å². The largest absolute Gasteiger partial charge is 0.370 e. The number of morpholine rings is 1. The number of hydrogen-bond donors (Lipinski definition) is 1. The highest BCUT2D eigenvalue weighted by Crippen LogP contribution is 2.25. The van der Waals surface area contributed by atoms with Gasteiger partial charge in [0.05, 0.1) is 18.0 Å². The van der Waals surface area contributed by atoms with Gasteiger partial charge in [0.15, 0.2) is 0 Å². The van der Waals surface area contributed by atoms with Crippen LogP contribution in [-0.2, 0) is 14.8 Å². The predicted octanol–water partition coefficient (Wildman–Crippen LogP) is 4.66. The maximum atomic E-state index is 13.1. The van der Waals surface area contributed by atoms with Crippen molar-refractivity contribution < 1.29 is 17.9 Å². The average Bonchev–Trinajstić information content (AvgIpc) is 2.80. The molecule has 3 aromatic carbocycles. The highest BCUT2D eigenvalue weighted by molar-refractivity contribution is 7.92. The number of ether oxygens (including phenoxy) is 1. The predicted molar refractivity (Wildman–Crippen MR) is 124 cm³/mol. The first-order valence-corrected chi connectivity index (χ1v) is 12.0. The molecule has 1 aliphatic rings. The molecule has 6 nitrogen and oxygen atoms in total. The molecule has 1 amide bonds. The molecule has 0 spiro atoms. The highest BCUT2D eigenvalue weighted by Gasteiger charge is 2.27. The van der Waals surface area contributed by atoms with Gasteiger partial charge in [0.25, 0.3) is 15.9 Å². The summed E-state index contributed by atoms with van der Waals surface area (Å²) in [7, 11) is -3.83. The van der Waals surface area contributed by atoms with Crippen LogP contribution in [0.5, 0.6) is 0 Å². The van der Waals surface area contributed by atoms with E-state index < -0.39 is 10.0 Å². The Labute approximate surface area is 192 Å². The third-order valence-electron chi connectivity index (χ3n) is 5.29. The average molecular weight is 471 g/mol. The summed E-state index contributed by atoms with van der Waals surface area (Å²) in [5.74, 6) is -0.236. The molecule has 1 atom stereocenters. The number of amides is 1. The Morgan fingerprint density at radius 2 is 1.78 bits per heavy atom. The number of aryl methyl sites for hydroxylation is 1. The van der Waals surface area contributed by atoms with Gasteiger partial charge in [-0.15, -0.1) is 0 Å². The first kappa shape index (κ1) is 22.3. The zero-order chi connectivity index (χ0) is 22.7. The Balaban J connectivity index is 1.51. The van der Waals surface area contributed by atoms with Crippen molar-refractivity contribution >= 4 is 33.2 Å². The minimum absolute atomic E-state index is 0.0337. The van der Waals surface area contributed by atoms with Gasteiger partial charge in [-0.1, -0.05) is 47.5 Å². The van der Waals surface area contributed by atoms with Gasteiger partial charge in [0, 0.05) is 22.8 Å². The second-order valence-electron chi connectivity index (χ2n) is 7.66. The smallest absolute Gasteiger partial charge is 0.261 e. The molecule has 0 radical (unpaired) electrons. The molecule has 8 heteroatoms. The number of carbonyl (C=O) groups excluding carboxylic acids is 1. The number of carbonyl (C=O) groups is 1. The fourth-order valence-corrected chi connectivity index (χ4v) is 4.76. The van der Waals surface area contributed by atoms with Gasteiger partial charge in [-0.05, 0) is 55.0 Å². The molecule has 32 heavy (non-hydrogen) atoms. The molecule has 0 saturated carbocycles. The van der Waals surface area contributed by atoms with E-state index in [9.17, 15) is 13.2 Å². The normalized spacial score (nSPS) is 16.6. The Morgan fingerprint density at radius 3 is 2.50 bits per heavy atom. The van der Waals surface area contributed by atoms with Crippen molar-refractivity contribution in [3.8, 4) is 0 Å². The van der Waals surface area contributed by atoms with Crippen LogP contribution in [0, 0.1) is 6.92 Å². The van der Waals surface area contributed by atoms with Crippen LogP contribution < -0.4 is 4.72 Å². The zero-order valence-electron chi connectivity index (χ0n) is 17.5. The van der Waals surface area contributed by atoms with Crippen LogP contribution in [0.25, 0.3) is 0 Å². The summed E-state index contributed by atoms with van der Waals surface area (Å²) in [6.45, 7) is 3.13. The van der Waals surface area contributed by atoms with E-state index in [2.05, 4.69) is 4.72 Å². The first-order valence-electron chi connectivity index (χ1n) is 10.2. The standard InChI is InChI=1S/C24H23ClN2O4S/c1-17-5-11-21(12-6-17)26-32(29,30)22-4-2-3-19(15-22)24(28)27-13-14-31-23(16-27)18-7-9-20(25)10-8-18/h2-12,15,23,26H,13-14,16H2,1H3. The lowest BCUT2D eigenvalue weighted by molar-refractivity contribution is -0.0228. The number of anilines is 1. The summed E-state index contributed by atoms with van der Waals surface area (Å²) in [6.07, 6.45) is -0.264. The molecule has 0 bridgehead atoms. The highest BCUT2D eigenvalue weighted by atomic mass is 35.5. The molecule has 1 saturated heterocycles. The SMILES string of the molecule is Cc1ccc(NS(=O)(=O)c2cccc(C(=O)N3CCOC(c4ccc(Cl)cc4)C3)c2)cc1. The van der Waals surface area contributed by atoms with Crippen LogP contribution in [0.2, 0.25) is 5.02 Å². The topological polar surface area (TPSA) is 75.7 Å². The third-order valence-corrected chi connectivity index (χ3v) is 6.92. The van der Waals surface area contributed by atoms with Crippen LogP contribution in [0.3, 0.4) is 0 Å². The van der Waals surface area contributed by atoms with Crippen molar-refractivity contribution in [2.75, 3.05) is 24.4 Å². The van der Waals surface area contributed by atoms with Crippen molar-refractivity contribution in [2.45, 2.75) is 17.9 Å². The van der Waals surface area contributed by atoms with E-state index >= 15 is 0 Å². The maximum Gasteiger partial charge on any atom is 0.261 e. The van der Waals surface area contributed by atoms with Crippen LogP contribution in [0.1, 0.15) is 27.6 Å². The summed E-state index contributed by atoms with van der Waals surface area (Å²) < 4.78 is 34.1. The molecule has 3 aromatic rings. The molecule has 4 rings (SSSR count). The number of hydrogen-bond acceptors (Lipinski definition) is 4. The van der Waals surface area contributed by atoms with Crippen LogP contribution >= 0.6 is 11.6 Å². The van der Waals surface area contributed by atoms with Gasteiger partial charge in [0.1, 0.15) is 6.10 Å². The van der Waals surface area contributed by atoms with E-state index in [0.717, 1.165) is 11.1 Å². The van der Waals surface area contributed by atoms with Gasteiger partial charge < -0.3 is 9.64 Å². The summed E-state index contributed by atoms with van der Waals surface area (Å²) >= 11 is 5.96. The quantitative estimate of drug-likeness (QED) is 0.588. The molecular weight excluding hydrogens is 448 g/mol. The van der Waals surface area contributed by atoms with Gasteiger partial charge in [-0.25, -0.2) is 8.42 Å². The molecule has 1 aliphatic heterocycles. The number of halogens is 1.